The molecule has 2 atom stereocenters. The minimum Gasteiger partial charge on any atom is -0.480 e. The van der Waals surface area contributed by atoms with Gasteiger partial charge in [0.15, 0.2) is 6.29 Å². The van der Waals surface area contributed by atoms with Crippen LogP contribution in [0.3, 0.4) is 0 Å². The predicted molar refractivity (Wildman–Crippen MR) is 214 cm³/mol. The molecule has 0 saturated carbocycles. The van der Waals surface area contributed by atoms with Gasteiger partial charge in [-0.15, -0.1) is 0 Å². The van der Waals surface area contributed by atoms with Gasteiger partial charge in [-0.2, -0.15) is 0 Å². The lowest BCUT2D eigenvalue weighted by Crippen LogP contribution is -2.47. The number of likely N-dealkylation sites (tertiary alicyclic amines) is 1. The minimum atomic E-state index is -1.31. The first kappa shape index (κ1) is 38.1. The van der Waals surface area contributed by atoms with Gasteiger partial charge in [-0.1, -0.05) is 42.5 Å². The highest BCUT2D eigenvalue weighted by atomic mass is 16.4. The first-order valence-corrected chi connectivity index (χ1v) is 19.2. The number of nitrogens with zero attached hydrogens (tertiary/aromatic N) is 4. The molecule has 2 fully saturated rings. The lowest BCUT2D eigenvalue weighted by molar-refractivity contribution is -0.142. The summed E-state index contributed by atoms with van der Waals surface area (Å²) in [5.74, 6) is -2.01. The van der Waals surface area contributed by atoms with Gasteiger partial charge in [-0.05, 0) is 105 Å². The van der Waals surface area contributed by atoms with Crippen LogP contribution in [-0.4, -0.2) is 95.7 Å². The fraction of sp³-hybridized carbons (Fsp3) is 0.318. The molecule has 2 aliphatic heterocycles. The lowest BCUT2D eigenvalue weighted by atomic mass is 9.82. The van der Waals surface area contributed by atoms with Crippen LogP contribution in [-0.2, 0) is 21.5 Å². The van der Waals surface area contributed by atoms with E-state index < -0.39 is 29.4 Å². The van der Waals surface area contributed by atoms with Crippen LogP contribution < -0.4 is 15.5 Å². The van der Waals surface area contributed by atoms with Crippen molar-refractivity contribution in [2.45, 2.75) is 50.1 Å². The number of likely N-dealkylation sites (N-methyl/N-ethyl adjacent to an activating group) is 1. The van der Waals surface area contributed by atoms with Crippen molar-refractivity contribution in [3.8, 4) is 11.3 Å². The molecule has 56 heavy (non-hydrogen) atoms. The Labute approximate surface area is 326 Å². The highest BCUT2D eigenvalue weighted by Gasteiger charge is 2.35. The zero-order valence-electron chi connectivity index (χ0n) is 31.4. The Morgan fingerprint density at radius 1 is 0.893 bits per heavy atom. The molecule has 3 heterocycles. The number of amides is 3. The summed E-state index contributed by atoms with van der Waals surface area (Å²) < 4.78 is 0. The van der Waals surface area contributed by atoms with Crippen LogP contribution in [0.1, 0.15) is 74.3 Å². The molecular formula is C44H46N6O6. The third kappa shape index (κ3) is 8.11. The fourth-order valence-electron chi connectivity index (χ4n) is 7.95. The average Bonchev–Trinajstić information content (AvgIpc) is 3.72. The molecule has 0 radical (unpaired) electrons. The van der Waals surface area contributed by atoms with E-state index in [2.05, 4.69) is 20.5 Å². The third-order valence-electron chi connectivity index (χ3n) is 11.0. The van der Waals surface area contributed by atoms with Crippen molar-refractivity contribution >= 4 is 41.4 Å². The lowest BCUT2D eigenvalue weighted by Gasteiger charge is -2.31. The van der Waals surface area contributed by atoms with Crippen molar-refractivity contribution in [3.63, 3.8) is 0 Å². The quantitative estimate of drug-likeness (QED) is 0.125. The number of rotatable bonds is 12. The molecule has 288 valence electrons. The number of piperidine rings is 1. The maximum absolute atomic E-state index is 13.9. The second-order valence-corrected chi connectivity index (χ2v) is 14.7. The number of hydrogen-bond donors (Lipinski definition) is 3. The summed E-state index contributed by atoms with van der Waals surface area (Å²) in [5, 5.41) is 15.5. The van der Waals surface area contributed by atoms with Gasteiger partial charge in [0.25, 0.3) is 17.7 Å². The van der Waals surface area contributed by atoms with E-state index in [4.69, 9.17) is 0 Å². The van der Waals surface area contributed by atoms with Crippen molar-refractivity contribution in [2.75, 3.05) is 50.0 Å². The first-order chi connectivity index (χ1) is 27.2. The number of anilines is 2. The van der Waals surface area contributed by atoms with Crippen molar-refractivity contribution in [3.05, 3.63) is 125 Å². The molecule has 3 amide bonds. The van der Waals surface area contributed by atoms with Crippen LogP contribution in [0.5, 0.6) is 0 Å². The van der Waals surface area contributed by atoms with Crippen molar-refractivity contribution in [1.29, 1.82) is 0 Å². The number of carboxylic acids is 1. The molecule has 7 rings (SSSR count). The number of aliphatic carboxylic acids is 1. The fourth-order valence-corrected chi connectivity index (χ4v) is 7.95. The van der Waals surface area contributed by atoms with Gasteiger partial charge in [0.1, 0.15) is 11.6 Å². The molecule has 12 nitrogen and oxygen atoms in total. The van der Waals surface area contributed by atoms with Crippen LogP contribution in [0.25, 0.3) is 11.3 Å². The maximum atomic E-state index is 13.9. The highest BCUT2D eigenvalue weighted by molar-refractivity contribution is 6.08. The number of carbonyl (C=O) groups excluding carboxylic acids is 4. The average molecular weight is 755 g/mol. The Balaban J connectivity index is 1.13. The Morgan fingerprint density at radius 2 is 1.68 bits per heavy atom. The summed E-state index contributed by atoms with van der Waals surface area (Å²) in [6.45, 7) is 3.26. The van der Waals surface area contributed by atoms with E-state index >= 15 is 0 Å². The SMILES string of the molecule is CN(CCN1CCCC1C(=O)O)C(=O)c1cccc(C(=O)Nc2ccc(N3CCCCC3)cc2-c2cc(C(=O)N[C@@]3(C=O)C=CCc4ccccc43)ccn2)c1. The first-order valence-electron chi connectivity index (χ1n) is 19.2. The Kier molecular flexibility index (Phi) is 11.4. The number of carboxylic acid groups (broad SMARTS) is 1. The smallest absolute Gasteiger partial charge is 0.320 e. The third-order valence-corrected chi connectivity index (χ3v) is 11.0. The number of carbonyl (C=O) groups is 5. The standard InChI is InChI=1S/C44H46N6O6/c1-48(24-25-50-23-9-15-39(50)43(55)56)42(54)33-12-7-11-31(26-33)40(52)46-37-17-16-34(49-21-5-2-6-22-49)28-35(37)38-27-32(18-20-45-38)41(53)47-44(29-51)19-8-13-30-10-3-4-14-36(30)44/h3-4,7-8,10-12,14,16-20,26-29,39H,2,5-6,9,13,15,21-25H2,1H3,(H,46,52)(H,47,53)(H,55,56)/t39?,44-/m1/s1. The molecule has 3 aromatic carbocycles. The number of allylic oxidation sites excluding steroid dienone is 1. The molecular weight excluding hydrogens is 709 g/mol. The second kappa shape index (κ2) is 16.7. The van der Waals surface area contributed by atoms with E-state index in [0.29, 0.717) is 60.5 Å². The molecule has 3 N–H and O–H groups in total. The van der Waals surface area contributed by atoms with E-state index in [0.717, 1.165) is 55.5 Å². The topological polar surface area (TPSA) is 152 Å². The summed E-state index contributed by atoms with van der Waals surface area (Å²) in [6.07, 6.45) is 11.3. The van der Waals surface area contributed by atoms with Crippen molar-refractivity contribution < 1.29 is 29.1 Å². The van der Waals surface area contributed by atoms with Gasteiger partial charge in [0.2, 0.25) is 0 Å². The molecule has 1 aromatic heterocycles. The molecule has 1 unspecified atom stereocenters. The number of hydrogen-bond acceptors (Lipinski definition) is 8. The maximum Gasteiger partial charge on any atom is 0.320 e. The number of aldehydes is 1. The van der Waals surface area contributed by atoms with Crippen molar-refractivity contribution in [2.24, 2.45) is 0 Å². The zero-order chi connectivity index (χ0) is 39.2. The molecule has 4 aromatic rings. The molecule has 12 heteroatoms. The predicted octanol–water partition coefficient (Wildman–Crippen LogP) is 5.55. The molecule has 3 aliphatic rings. The van der Waals surface area contributed by atoms with Crippen molar-refractivity contribution in [1.82, 2.24) is 20.1 Å². The largest absolute Gasteiger partial charge is 0.480 e. The normalized spacial score (nSPS) is 19.2. The number of aromatic nitrogens is 1. The number of benzene rings is 3. The van der Waals surface area contributed by atoms with E-state index in [1.807, 2.05) is 53.4 Å². The van der Waals surface area contributed by atoms with Crippen LogP contribution in [0, 0.1) is 0 Å². The minimum absolute atomic E-state index is 0.278. The van der Waals surface area contributed by atoms with Gasteiger partial charge >= 0.3 is 5.97 Å². The molecule has 0 bridgehead atoms. The molecule has 0 spiro atoms. The zero-order valence-corrected chi connectivity index (χ0v) is 31.4. The highest BCUT2D eigenvalue weighted by Crippen LogP contribution is 2.34. The summed E-state index contributed by atoms with van der Waals surface area (Å²) in [5.41, 5.74) is 3.80. The summed E-state index contributed by atoms with van der Waals surface area (Å²) >= 11 is 0. The van der Waals surface area contributed by atoms with Gasteiger partial charge in [0.05, 0.1) is 11.4 Å². The monoisotopic (exact) mass is 754 g/mol. The van der Waals surface area contributed by atoms with Crippen LogP contribution in [0.4, 0.5) is 11.4 Å². The van der Waals surface area contributed by atoms with E-state index in [-0.39, 0.29) is 11.5 Å². The van der Waals surface area contributed by atoms with E-state index in [1.165, 1.54) is 6.42 Å². The Morgan fingerprint density at radius 3 is 2.48 bits per heavy atom. The second-order valence-electron chi connectivity index (χ2n) is 14.7. The summed E-state index contributed by atoms with van der Waals surface area (Å²) in [4.78, 5) is 75.7. The number of nitrogens with one attached hydrogen (secondary N) is 2. The van der Waals surface area contributed by atoms with Gasteiger partial charge < -0.3 is 25.5 Å². The van der Waals surface area contributed by atoms with Crippen LogP contribution >= 0.6 is 0 Å². The van der Waals surface area contributed by atoms with Gasteiger partial charge in [-0.3, -0.25) is 33.9 Å². The van der Waals surface area contributed by atoms with Gasteiger partial charge in [0, 0.05) is 67.4 Å². The molecule has 1 aliphatic carbocycles. The number of fused-ring (bicyclic) bond motifs is 1. The summed E-state index contributed by atoms with van der Waals surface area (Å²) in [7, 11) is 1.67. The molecule has 2 saturated heterocycles. The van der Waals surface area contributed by atoms with Crippen LogP contribution in [0.15, 0.2) is 97.2 Å². The van der Waals surface area contributed by atoms with E-state index in [1.54, 1.807) is 60.6 Å². The Hall–Kier alpha value is -6.14. The Bertz CT molecular complexity index is 2180. The summed E-state index contributed by atoms with van der Waals surface area (Å²) in [6, 6.07) is 22.5. The van der Waals surface area contributed by atoms with Crippen LogP contribution in [0.2, 0.25) is 0 Å². The number of pyridine rings is 1. The van der Waals surface area contributed by atoms with E-state index in [9.17, 15) is 29.1 Å². The van der Waals surface area contributed by atoms with Gasteiger partial charge in [-0.25, -0.2) is 0 Å².